The Labute approximate surface area is 372 Å². The van der Waals surface area contributed by atoms with Gasteiger partial charge < -0.3 is 39.4 Å². The van der Waals surface area contributed by atoms with Crippen LogP contribution in [0, 0.1) is 0 Å². The molecular formula is C50H94O11. The second kappa shape index (κ2) is 40.9. The molecule has 0 bridgehead atoms. The number of aliphatic hydroxyl groups excluding tert-OH is 3. The minimum absolute atomic E-state index is 0.191. The first-order valence-electron chi connectivity index (χ1n) is 25.6. The second-order valence-electron chi connectivity index (χ2n) is 18.0. The fraction of sp³-hybridized carbons (Fsp3) is 0.940. The molecular weight excluding hydrogens is 777 g/mol. The van der Waals surface area contributed by atoms with Crippen molar-refractivity contribution in [2.24, 2.45) is 0 Å². The highest BCUT2D eigenvalue weighted by Crippen LogP contribution is 2.23. The van der Waals surface area contributed by atoms with E-state index in [1.54, 1.807) is 0 Å². The molecule has 360 valence electrons. The van der Waals surface area contributed by atoms with Gasteiger partial charge in [0.25, 0.3) is 0 Å². The van der Waals surface area contributed by atoms with Crippen molar-refractivity contribution in [2.45, 2.75) is 288 Å². The molecule has 6 atom stereocenters. The van der Waals surface area contributed by atoms with Crippen LogP contribution < -0.4 is 0 Å². The summed E-state index contributed by atoms with van der Waals surface area (Å²) in [7, 11) is 0. The first kappa shape index (κ1) is 57.2. The number of hydrogen-bond donors (Lipinski definition) is 4. The highest BCUT2D eigenvalue weighted by atomic mass is 16.7. The number of unbranched alkanes of at least 4 members (excludes halogenated alkanes) is 33. The minimum Gasteiger partial charge on any atom is -0.479 e. The van der Waals surface area contributed by atoms with E-state index < -0.39 is 54.7 Å². The molecule has 1 aliphatic heterocycles. The molecule has 4 N–H and O–H groups in total. The number of aliphatic carboxylic acids is 1. The molecule has 1 aliphatic rings. The van der Waals surface area contributed by atoms with Gasteiger partial charge in [-0.15, -0.1) is 0 Å². The lowest BCUT2D eigenvalue weighted by atomic mass is 9.99. The van der Waals surface area contributed by atoms with E-state index in [-0.39, 0.29) is 26.1 Å². The summed E-state index contributed by atoms with van der Waals surface area (Å²) in [6.07, 6.45) is 34.5. The highest BCUT2D eigenvalue weighted by molar-refractivity contribution is 5.73. The van der Waals surface area contributed by atoms with Crippen molar-refractivity contribution in [3.8, 4) is 0 Å². The third-order valence-corrected chi connectivity index (χ3v) is 12.2. The lowest BCUT2D eigenvalue weighted by Gasteiger charge is -2.38. The molecule has 0 amide bonds. The Morgan fingerprint density at radius 3 is 1.11 bits per heavy atom. The summed E-state index contributed by atoms with van der Waals surface area (Å²) in [6, 6.07) is 0. The maximum absolute atomic E-state index is 12.8. The van der Waals surface area contributed by atoms with Crippen LogP contribution in [0.25, 0.3) is 0 Å². The van der Waals surface area contributed by atoms with Gasteiger partial charge in [-0.05, 0) is 12.8 Å². The normalized spacial score (nSPS) is 19.5. The summed E-state index contributed by atoms with van der Waals surface area (Å²) in [5.41, 5.74) is 0. The van der Waals surface area contributed by atoms with Crippen LogP contribution in [0.4, 0.5) is 0 Å². The molecule has 11 heteroatoms. The van der Waals surface area contributed by atoms with Gasteiger partial charge in [-0.1, -0.05) is 226 Å². The quantitative estimate of drug-likeness (QED) is 0.0339. The lowest BCUT2D eigenvalue weighted by molar-refractivity contribution is -0.298. The third-order valence-electron chi connectivity index (χ3n) is 12.2. The number of carbonyl (C=O) groups is 3. The molecule has 0 aromatic rings. The van der Waals surface area contributed by atoms with Crippen molar-refractivity contribution in [3.05, 3.63) is 0 Å². The number of esters is 2. The summed E-state index contributed by atoms with van der Waals surface area (Å²) in [4.78, 5) is 36.9. The average molecular weight is 871 g/mol. The summed E-state index contributed by atoms with van der Waals surface area (Å²) in [5, 5.41) is 39.9. The monoisotopic (exact) mass is 871 g/mol. The van der Waals surface area contributed by atoms with Crippen molar-refractivity contribution < 1.29 is 53.8 Å². The van der Waals surface area contributed by atoms with Gasteiger partial charge in [0, 0.05) is 12.8 Å². The van der Waals surface area contributed by atoms with Gasteiger partial charge in [0.05, 0.1) is 6.61 Å². The van der Waals surface area contributed by atoms with Crippen LogP contribution in [0.2, 0.25) is 0 Å². The van der Waals surface area contributed by atoms with E-state index in [1.165, 1.54) is 173 Å². The zero-order chi connectivity index (χ0) is 44.6. The molecule has 1 saturated heterocycles. The number of carboxylic acid groups (broad SMARTS) is 1. The van der Waals surface area contributed by atoms with Crippen molar-refractivity contribution >= 4 is 17.9 Å². The van der Waals surface area contributed by atoms with Crippen LogP contribution in [0.1, 0.15) is 251 Å². The van der Waals surface area contributed by atoms with Crippen molar-refractivity contribution in [3.63, 3.8) is 0 Å². The Morgan fingerprint density at radius 1 is 0.443 bits per heavy atom. The number of carboxylic acids is 1. The number of rotatable bonds is 44. The standard InChI is InChI=1S/C50H94O11/c1-3-5-7-9-11-13-15-17-18-19-20-21-22-23-24-25-27-28-30-32-34-36-38-43(51)58-40-42(41-59-50-47(55)45(53)46(54)48(61-50)49(56)57)60-44(52)39-37-35-33-31-29-26-16-14-12-10-8-6-4-2/h42,45-48,50,53-55H,3-41H2,1-2H3,(H,56,57). The smallest absolute Gasteiger partial charge is 0.335 e. The van der Waals surface area contributed by atoms with E-state index in [4.69, 9.17) is 18.9 Å². The summed E-state index contributed by atoms with van der Waals surface area (Å²) >= 11 is 0. The Hall–Kier alpha value is -1.79. The van der Waals surface area contributed by atoms with Crippen LogP contribution in [0.3, 0.4) is 0 Å². The van der Waals surface area contributed by atoms with Crippen LogP contribution in [-0.2, 0) is 33.3 Å². The second-order valence-corrected chi connectivity index (χ2v) is 18.0. The van der Waals surface area contributed by atoms with E-state index in [0.717, 1.165) is 38.5 Å². The minimum atomic E-state index is -1.86. The molecule has 1 fully saturated rings. The van der Waals surface area contributed by atoms with E-state index >= 15 is 0 Å². The van der Waals surface area contributed by atoms with E-state index in [0.29, 0.717) is 12.8 Å². The van der Waals surface area contributed by atoms with Gasteiger partial charge in [0.15, 0.2) is 18.5 Å². The zero-order valence-electron chi connectivity index (χ0n) is 39.2. The Kier molecular flexibility index (Phi) is 38.4. The predicted molar refractivity (Wildman–Crippen MR) is 243 cm³/mol. The van der Waals surface area contributed by atoms with Crippen molar-refractivity contribution in [2.75, 3.05) is 13.2 Å². The number of aliphatic hydroxyl groups is 3. The summed E-state index contributed by atoms with van der Waals surface area (Å²) in [6.45, 7) is 3.85. The molecule has 0 saturated carbocycles. The van der Waals surface area contributed by atoms with E-state index in [9.17, 15) is 34.8 Å². The largest absolute Gasteiger partial charge is 0.479 e. The lowest BCUT2D eigenvalue weighted by Crippen LogP contribution is -2.60. The van der Waals surface area contributed by atoms with E-state index in [1.807, 2.05) is 0 Å². The Morgan fingerprint density at radius 2 is 0.770 bits per heavy atom. The molecule has 1 heterocycles. The first-order chi connectivity index (χ1) is 29.7. The zero-order valence-corrected chi connectivity index (χ0v) is 39.2. The van der Waals surface area contributed by atoms with Gasteiger partial charge in [-0.2, -0.15) is 0 Å². The van der Waals surface area contributed by atoms with Gasteiger partial charge in [0.1, 0.15) is 24.9 Å². The molecule has 6 unspecified atom stereocenters. The number of hydrogen-bond acceptors (Lipinski definition) is 10. The first-order valence-corrected chi connectivity index (χ1v) is 25.6. The maximum atomic E-state index is 12.8. The van der Waals surface area contributed by atoms with Gasteiger partial charge >= 0.3 is 17.9 Å². The van der Waals surface area contributed by atoms with Crippen molar-refractivity contribution in [1.82, 2.24) is 0 Å². The number of carbonyl (C=O) groups excluding carboxylic acids is 2. The van der Waals surface area contributed by atoms with Crippen LogP contribution >= 0.6 is 0 Å². The topological polar surface area (TPSA) is 169 Å². The number of ether oxygens (including phenoxy) is 4. The van der Waals surface area contributed by atoms with Gasteiger partial charge in [-0.3, -0.25) is 9.59 Å². The van der Waals surface area contributed by atoms with Crippen molar-refractivity contribution in [1.29, 1.82) is 0 Å². The fourth-order valence-corrected chi connectivity index (χ4v) is 8.18. The van der Waals surface area contributed by atoms with Crippen LogP contribution in [-0.4, -0.2) is 88.4 Å². The molecule has 0 aromatic heterocycles. The van der Waals surface area contributed by atoms with Crippen LogP contribution in [0.5, 0.6) is 0 Å². The molecule has 0 aliphatic carbocycles. The molecule has 61 heavy (non-hydrogen) atoms. The highest BCUT2D eigenvalue weighted by Gasteiger charge is 2.47. The van der Waals surface area contributed by atoms with E-state index in [2.05, 4.69) is 13.8 Å². The fourth-order valence-electron chi connectivity index (χ4n) is 8.18. The average Bonchev–Trinajstić information content (AvgIpc) is 3.24. The summed E-state index contributed by atoms with van der Waals surface area (Å²) in [5.74, 6) is -2.42. The SMILES string of the molecule is CCCCCCCCCCCCCCCCCCCCCCCCC(=O)OCC(COC1OC(C(=O)O)C(O)C(O)C1O)OC(=O)CCCCCCCCCCCCCCC. The molecule has 11 nitrogen and oxygen atoms in total. The van der Waals surface area contributed by atoms with Gasteiger partial charge in [0.2, 0.25) is 0 Å². The molecule has 0 radical (unpaired) electrons. The maximum Gasteiger partial charge on any atom is 0.335 e. The predicted octanol–water partition coefficient (Wildman–Crippen LogP) is 11.8. The summed E-state index contributed by atoms with van der Waals surface area (Å²) < 4.78 is 21.8. The molecule has 1 rings (SSSR count). The third kappa shape index (κ3) is 32.5. The Balaban J connectivity index is 2.24. The Bertz CT molecular complexity index is 1030. The molecule has 0 aromatic carbocycles. The van der Waals surface area contributed by atoms with Gasteiger partial charge in [-0.25, -0.2) is 4.79 Å². The van der Waals surface area contributed by atoms with Crippen LogP contribution in [0.15, 0.2) is 0 Å². The molecule has 0 spiro atoms.